The number of hydrogen-bond acceptors (Lipinski definition) is 3. The van der Waals surface area contributed by atoms with Crippen LogP contribution in [0.1, 0.15) is 16.7 Å². The molecule has 2 aromatic rings. The van der Waals surface area contributed by atoms with Gasteiger partial charge in [0.25, 0.3) is 0 Å². The van der Waals surface area contributed by atoms with Gasteiger partial charge < -0.3 is 5.73 Å². The Morgan fingerprint density at radius 2 is 1.65 bits per heavy atom. The summed E-state index contributed by atoms with van der Waals surface area (Å²) in [5, 5.41) is 0. The summed E-state index contributed by atoms with van der Waals surface area (Å²) in [6.45, 7) is 4.09. The third kappa shape index (κ3) is 3.37. The molecule has 0 aliphatic rings. The second kappa shape index (κ2) is 5.64. The third-order valence-corrected chi connectivity index (χ3v) is 4.63. The number of nitrogens with two attached hydrogens (primary N) is 1. The van der Waals surface area contributed by atoms with E-state index in [1.807, 2.05) is 19.9 Å². The minimum atomic E-state index is -3.49. The van der Waals surface area contributed by atoms with Crippen LogP contribution < -0.4 is 10.5 Å². The molecule has 20 heavy (non-hydrogen) atoms. The van der Waals surface area contributed by atoms with Crippen LogP contribution in [-0.2, 0) is 16.6 Å². The Balaban J connectivity index is 2.14. The second-order valence-electron chi connectivity index (χ2n) is 4.81. The molecule has 0 atom stereocenters. The van der Waals surface area contributed by atoms with E-state index in [-0.39, 0.29) is 11.4 Å². The molecule has 0 saturated heterocycles. The summed E-state index contributed by atoms with van der Waals surface area (Å²) in [7, 11) is -3.49. The van der Waals surface area contributed by atoms with Crippen molar-refractivity contribution in [1.29, 1.82) is 0 Å². The Hall–Kier alpha value is -1.85. The van der Waals surface area contributed by atoms with Crippen molar-refractivity contribution >= 4 is 15.7 Å². The standard InChI is InChI=1S/C15H18N2O2S/c1-11-3-8-15(9-12(11)2)20(18,19)17-10-13-4-6-14(16)7-5-13/h3-9,17H,10,16H2,1-2H3. The highest BCUT2D eigenvalue weighted by molar-refractivity contribution is 7.89. The van der Waals surface area contributed by atoms with Gasteiger partial charge >= 0.3 is 0 Å². The largest absolute Gasteiger partial charge is 0.399 e. The first-order chi connectivity index (χ1) is 9.38. The summed E-state index contributed by atoms with van der Waals surface area (Å²) >= 11 is 0. The Morgan fingerprint density at radius 1 is 1.00 bits per heavy atom. The van der Waals surface area contributed by atoms with E-state index in [9.17, 15) is 8.42 Å². The average Bonchev–Trinajstić information content (AvgIpc) is 2.41. The molecule has 2 aromatic carbocycles. The van der Waals surface area contributed by atoms with Gasteiger partial charge in [0, 0.05) is 12.2 Å². The minimum absolute atomic E-state index is 0.246. The Labute approximate surface area is 119 Å². The predicted octanol–water partition coefficient (Wildman–Crippen LogP) is 2.36. The highest BCUT2D eigenvalue weighted by Gasteiger charge is 2.14. The van der Waals surface area contributed by atoms with Crippen LogP contribution in [0.15, 0.2) is 47.4 Å². The molecule has 5 heteroatoms. The van der Waals surface area contributed by atoms with E-state index < -0.39 is 10.0 Å². The molecule has 2 rings (SSSR count). The van der Waals surface area contributed by atoms with Crippen molar-refractivity contribution in [3.63, 3.8) is 0 Å². The van der Waals surface area contributed by atoms with Crippen LogP contribution in [0.25, 0.3) is 0 Å². The molecule has 0 aliphatic heterocycles. The third-order valence-electron chi connectivity index (χ3n) is 3.23. The number of rotatable bonds is 4. The van der Waals surface area contributed by atoms with Crippen molar-refractivity contribution < 1.29 is 8.42 Å². The molecular weight excluding hydrogens is 272 g/mol. The average molecular weight is 290 g/mol. The topological polar surface area (TPSA) is 72.2 Å². The van der Waals surface area contributed by atoms with Crippen molar-refractivity contribution in [2.24, 2.45) is 0 Å². The van der Waals surface area contributed by atoms with E-state index >= 15 is 0 Å². The molecule has 0 bridgehead atoms. The van der Waals surface area contributed by atoms with E-state index in [1.54, 1.807) is 36.4 Å². The first-order valence-electron chi connectivity index (χ1n) is 6.30. The summed E-state index contributed by atoms with van der Waals surface area (Å²) in [6.07, 6.45) is 0. The lowest BCUT2D eigenvalue weighted by Gasteiger charge is -2.09. The van der Waals surface area contributed by atoms with Gasteiger partial charge in [0.1, 0.15) is 0 Å². The molecular formula is C15H18N2O2S. The first kappa shape index (κ1) is 14.6. The van der Waals surface area contributed by atoms with Gasteiger partial charge in [-0.05, 0) is 54.8 Å². The van der Waals surface area contributed by atoms with Crippen molar-refractivity contribution in [2.75, 3.05) is 5.73 Å². The van der Waals surface area contributed by atoms with Crippen molar-refractivity contribution in [3.8, 4) is 0 Å². The van der Waals surface area contributed by atoms with Crippen LogP contribution >= 0.6 is 0 Å². The number of sulfonamides is 1. The van der Waals surface area contributed by atoms with E-state index in [4.69, 9.17) is 5.73 Å². The molecule has 0 saturated carbocycles. The van der Waals surface area contributed by atoms with Gasteiger partial charge in [0.15, 0.2) is 0 Å². The number of aryl methyl sites for hydroxylation is 2. The molecule has 0 aliphatic carbocycles. The summed E-state index contributed by atoms with van der Waals surface area (Å²) in [6, 6.07) is 12.2. The molecule has 0 radical (unpaired) electrons. The van der Waals surface area contributed by atoms with Crippen LogP contribution in [0.2, 0.25) is 0 Å². The summed E-state index contributed by atoms with van der Waals surface area (Å²) in [4.78, 5) is 0.288. The van der Waals surface area contributed by atoms with E-state index in [0.717, 1.165) is 16.7 Å². The summed E-state index contributed by atoms with van der Waals surface area (Å²) in [5.41, 5.74) is 9.15. The highest BCUT2D eigenvalue weighted by atomic mass is 32.2. The molecule has 3 N–H and O–H groups in total. The van der Waals surface area contributed by atoms with E-state index in [1.165, 1.54) is 0 Å². The Kier molecular flexibility index (Phi) is 4.11. The van der Waals surface area contributed by atoms with Gasteiger partial charge in [0.05, 0.1) is 4.90 Å². The fourth-order valence-corrected chi connectivity index (χ4v) is 2.88. The predicted molar refractivity (Wildman–Crippen MR) is 80.8 cm³/mol. The molecule has 0 amide bonds. The van der Waals surface area contributed by atoms with E-state index in [0.29, 0.717) is 5.69 Å². The maximum absolute atomic E-state index is 12.2. The molecule has 0 spiro atoms. The zero-order valence-corrected chi connectivity index (χ0v) is 12.4. The van der Waals surface area contributed by atoms with Crippen LogP contribution in [0.3, 0.4) is 0 Å². The van der Waals surface area contributed by atoms with Gasteiger partial charge in [-0.25, -0.2) is 13.1 Å². The first-order valence-corrected chi connectivity index (χ1v) is 7.78. The lowest BCUT2D eigenvalue weighted by atomic mass is 10.1. The van der Waals surface area contributed by atoms with Gasteiger partial charge in [-0.3, -0.25) is 0 Å². The molecule has 0 unspecified atom stereocenters. The lowest BCUT2D eigenvalue weighted by Crippen LogP contribution is -2.23. The molecule has 0 aromatic heterocycles. The van der Waals surface area contributed by atoms with Crippen molar-refractivity contribution in [1.82, 2.24) is 4.72 Å². The van der Waals surface area contributed by atoms with Crippen LogP contribution in [-0.4, -0.2) is 8.42 Å². The quantitative estimate of drug-likeness (QED) is 0.849. The molecule has 106 valence electrons. The summed E-state index contributed by atoms with van der Waals surface area (Å²) in [5.74, 6) is 0. The Morgan fingerprint density at radius 3 is 2.25 bits per heavy atom. The van der Waals surface area contributed by atoms with Gasteiger partial charge in [-0.1, -0.05) is 18.2 Å². The summed E-state index contributed by atoms with van der Waals surface area (Å²) < 4.78 is 27.0. The fourth-order valence-electron chi connectivity index (χ4n) is 1.78. The zero-order chi connectivity index (χ0) is 14.8. The maximum atomic E-state index is 12.2. The monoisotopic (exact) mass is 290 g/mol. The second-order valence-corrected chi connectivity index (χ2v) is 6.58. The number of nitrogen functional groups attached to an aromatic ring is 1. The fraction of sp³-hybridized carbons (Fsp3) is 0.200. The van der Waals surface area contributed by atoms with Crippen molar-refractivity contribution in [2.45, 2.75) is 25.3 Å². The van der Waals surface area contributed by atoms with Gasteiger partial charge in [0.2, 0.25) is 10.0 Å². The number of anilines is 1. The number of nitrogens with one attached hydrogen (secondary N) is 1. The van der Waals surface area contributed by atoms with Gasteiger partial charge in [-0.15, -0.1) is 0 Å². The van der Waals surface area contributed by atoms with Gasteiger partial charge in [-0.2, -0.15) is 0 Å². The number of benzene rings is 2. The van der Waals surface area contributed by atoms with Crippen LogP contribution in [0, 0.1) is 13.8 Å². The normalized spacial score (nSPS) is 11.5. The van der Waals surface area contributed by atoms with Crippen LogP contribution in [0.5, 0.6) is 0 Å². The number of hydrogen-bond donors (Lipinski definition) is 2. The highest BCUT2D eigenvalue weighted by Crippen LogP contribution is 2.15. The minimum Gasteiger partial charge on any atom is -0.399 e. The zero-order valence-electron chi connectivity index (χ0n) is 11.6. The smallest absolute Gasteiger partial charge is 0.240 e. The molecule has 0 fully saturated rings. The lowest BCUT2D eigenvalue weighted by molar-refractivity contribution is 0.581. The molecule has 0 heterocycles. The Bertz CT molecular complexity index is 707. The molecule has 4 nitrogen and oxygen atoms in total. The van der Waals surface area contributed by atoms with Crippen LogP contribution in [0.4, 0.5) is 5.69 Å². The van der Waals surface area contributed by atoms with E-state index in [2.05, 4.69) is 4.72 Å². The maximum Gasteiger partial charge on any atom is 0.240 e. The SMILES string of the molecule is Cc1ccc(S(=O)(=O)NCc2ccc(N)cc2)cc1C. The van der Waals surface area contributed by atoms with Crippen molar-refractivity contribution in [3.05, 3.63) is 59.2 Å².